The molecule has 1 atom stereocenters. The van der Waals surface area contributed by atoms with Gasteiger partial charge in [-0.15, -0.1) is 0 Å². The number of carbonyl (C=O) groups excluding carboxylic acids is 1. The van der Waals surface area contributed by atoms with Crippen LogP contribution in [0.15, 0.2) is 59.5 Å². The molecule has 0 N–H and O–H groups in total. The molecular formula is C21H22N4O3. The van der Waals surface area contributed by atoms with Crippen LogP contribution in [0.3, 0.4) is 0 Å². The van der Waals surface area contributed by atoms with Gasteiger partial charge in [0.15, 0.2) is 11.6 Å². The lowest BCUT2D eigenvalue weighted by Gasteiger charge is -2.47. The van der Waals surface area contributed by atoms with E-state index in [0.717, 1.165) is 30.2 Å². The van der Waals surface area contributed by atoms with Crippen molar-refractivity contribution in [3.63, 3.8) is 0 Å². The number of aromatic nitrogens is 2. The third kappa shape index (κ3) is 2.39. The summed E-state index contributed by atoms with van der Waals surface area (Å²) in [7, 11) is 1.71. The Morgan fingerprint density at radius 3 is 3.04 bits per heavy atom. The summed E-state index contributed by atoms with van der Waals surface area (Å²) in [5.74, 6) is 1.23. The molecule has 5 heterocycles. The molecule has 3 aromatic rings. The Bertz CT molecular complexity index is 997. The maximum absolute atomic E-state index is 12.9. The molecule has 1 saturated heterocycles. The summed E-state index contributed by atoms with van der Waals surface area (Å²) < 4.78 is 12.9. The molecule has 144 valence electrons. The summed E-state index contributed by atoms with van der Waals surface area (Å²) >= 11 is 0. The summed E-state index contributed by atoms with van der Waals surface area (Å²) in [6.07, 6.45) is 6.24. The molecule has 1 fully saturated rings. The lowest BCUT2D eigenvalue weighted by molar-refractivity contribution is 0.0749. The number of rotatable bonds is 4. The van der Waals surface area contributed by atoms with Crippen LogP contribution in [0.25, 0.3) is 5.82 Å². The number of furan rings is 1. The van der Waals surface area contributed by atoms with Crippen molar-refractivity contribution in [2.45, 2.75) is 12.0 Å². The standard InChI is InChI=1S/C21H22N4O3/c1-27-14-12-25-16-5-2-9-22-19(16)24-10-3-7-18(24)21(25)8-11-23(15-21)20(26)17-6-4-13-28-17/h2-7,9-10,13H,8,11-12,14-15H2,1H3/t21-/m1/s1. The highest BCUT2D eigenvalue weighted by molar-refractivity contribution is 5.92. The number of fused-ring (bicyclic) bond motifs is 4. The van der Waals surface area contributed by atoms with Gasteiger partial charge >= 0.3 is 0 Å². The van der Waals surface area contributed by atoms with Crippen LogP contribution in [0.4, 0.5) is 5.69 Å². The minimum atomic E-state index is -0.319. The van der Waals surface area contributed by atoms with Crippen LogP contribution in [-0.4, -0.2) is 53.7 Å². The Kier molecular flexibility index (Phi) is 3.98. The monoisotopic (exact) mass is 378 g/mol. The van der Waals surface area contributed by atoms with Gasteiger partial charge in [-0.25, -0.2) is 4.98 Å². The average Bonchev–Trinajstić information content (AvgIpc) is 3.48. The molecule has 7 nitrogen and oxygen atoms in total. The maximum atomic E-state index is 12.9. The zero-order valence-electron chi connectivity index (χ0n) is 15.7. The van der Waals surface area contributed by atoms with Gasteiger partial charge in [0.1, 0.15) is 5.54 Å². The summed E-state index contributed by atoms with van der Waals surface area (Å²) in [5, 5.41) is 0. The number of carbonyl (C=O) groups is 1. The second kappa shape index (κ2) is 6.53. The first-order valence-electron chi connectivity index (χ1n) is 9.47. The Balaban J connectivity index is 1.58. The molecule has 28 heavy (non-hydrogen) atoms. The quantitative estimate of drug-likeness (QED) is 0.698. The predicted molar refractivity (Wildman–Crippen MR) is 104 cm³/mol. The fraction of sp³-hybridized carbons (Fsp3) is 0.333. The molecule has 0 unspecified atom stereocenters. The van der Waals surface area contributed by atoms with Gasteiger partial charge in [0.25, 0.3) is 5.91 Å². The number of hydrogen-bond donors (Lipinski definition) is 0. The molecule has 3 aromatic heterocycles. The van der Waals surface area contributed by atoms with Crippen molar-refractivity contribution in [3.8, 4) is 5.82 Å². The number of nitrogens with zero attached hydrogens (tertiary/aromatic N) is 4. The lowest BCUT2D eigenvalue weighted by atomic mass is 9.89. The minimum Gasteiger partial charge on any atom is -0.459 e. The number of amides is 1. The van der Waals surface area contributed by atoms with Gasteiger partial charge in [-0.3, -0.25) is 4.79 Å². The highest BCUT2D eigenvalue weighted by Crippen LogP contribution is 2.46. The molecular weight excluding hydrogens is 356 g/mol. The normalized spacial score (nSPS) is 20.5. The second-order valence-corrected chi connectivity index (χ2v) is 7.24. The van der Waals surface area contributed by atoms with Gasteiger partial charge in [0.05, 0.1) is 30.8 Å². The van der Waals surface area contributed by atoms with E-state index >= 15 is 0 Å². The fourth-order valence-electron chi connectivity index (χ4n) is 4.57. The molecule has 2 aliphatic rings. The van der Waals surface area contributed by atoms with Gasteiger partial charge in [0, 0.05) is 32.6 Å². The lowest BCUT2D eigenvalue weighted by Crippen LogP contribution is -2.53. The summed E-state index contributed by atoms with van der Waals surface area (Å²) in [4.78, 5) is 21.8. The third-order valence-corrected chi connectivity index (χ3v) is 5.81. The molecule has 0 aromatic carbocycles. The molecule has 7 heteroatoms. The Labute approximate surface area is 163 Å². The van der Waals surface area contributed by atoms with Gasteiger partial charge in [-0.1, -0.05) is 0 Å². The van der Waals surface area contributed by atoms with E-state index in [1.54, 1.807) is 19.2 Å². The average molecular weight is 378 g/mol. The smallest absolute Gasteiger partial charge is 0.289 e. The number of methoxy groups -OCH3 is 1. The van der Waals surface area contributed by atoms with Crippen LogP contribution in [0.2, 0.25) is 0 Å². The van der Waals surface area contributed by atoms with Crippen molar-refractivity contribution in [2.75, 3.05) is 38.3 Å². The molecule has 0 radical (unpaired) electrons. The number of anilines is 1. The summed E-state index contributed by atoms with van der Waals surface area (Å²) in [5.41, 5.74) is 1.90. The third-order valence-electron chi connectivity index (χ3n) is 5.81. The number of ether oxygens (including phenoxy) is 1. The first kappa shape index (κ1) is 17.1. The largest absolute Gasteiger partial charge is 0.459 e. The zero-order chi connectivity index (χ0) is 19.1. The topological polar surface area (TPSA) is 63.7 Å². The zero-order valence-corrected chi connectivity index (χ0v) is 15.7. The Morgan fingerprint density at radius 1 is 1.29 bits per heavy atom. The highest BCUT2D eigenvalue weighted by atomic mass is 16.5. The summed E-state index contributed by atoms with van der Waals surface area (Å²) in [6.45, 7) is 2.59. The molecule has 1 amide bonds. The van der Waals surface area contributed by atoms with Crippen molar-refractivity contribution in [1.29, 1.82) is 0 Å². The second-order valence-electron chi connectivity index (χ2n) is 7.24. The van der Waals surface area contributed by atoms with Crippen molar-refractivity contribution >= 4 is 11.6 Å². The number of hydrogen-bond acceptors (Lipinski definition) is 5. The van der Waals surface area contributed by atoms with Crippen molar-refractivity contribution in [2.24, 2.45) is 0 Å². The van der Waals surface area contributed by atoms with E-state index in [4.69, 9.17) is 9.15 Å². The first-order chi connectivity index (χ1) is 13.7. The molecule has 0 saturated carbocycles. The Morgan fingerprint density at radius 2 is 2.21 bits per heavy atom. The number of pyridine rings is 1. The van der Waals surface area contributed by atoms with Gasteiger partial charge < -0.3 is 23.5 Å². The molecule has 0 bridgehead atoms. The summed E-state index contributed by atoms with van der Waals surface area (Å²) in [6, 6.07) is 11.7. The van der Waals surface area contributed by atoms with Crippen molar-refractivity contribution in [1.82, 2.24) is 14.5 Å². The SMILES string of the molecule is COCCN1c2cccnc2-n2cccc2[C@]12CCN(C(=O)c1ccco1)C2. The van der Waals surface area contributed by atoms with Crippen LogP contribution in [-0.2, 0) is 10.3 Å². The van der Waals surface area contributed by atoms with E-state index in [0.29, 0.717) is 25.5 Å². The highest BCUT2D eigenvalue weighted by Gasteiger charge is 2.50. The van der Waals surface area contributed by atoms with E-state index in [-0.39, 0.29) is 11.4 Å². The number of likely N-dealkylation sites (tertiary alicyclic amines) is 1. The minimum absolute atomic E-state index is 0.0661. The van der Waals surface area contributed by atoms with Crippen molar-refractivity contribution in [3.05, 3.63) is 66.5 Å². The van der Waals surface area contributed by atoms with Crippen LogP contribution < -0.4 is 4.90 Å². The van der Waals surface area contributed by atoms with Crippen LogP contribution in [0.1, 0.15) is 22.7 Å². The molecule has 1 spiro atoms. The van der Waals surface area contributed by atoms with E-state index < -0.39 is 0 Å². The van der Waals surface area contributed by atoms with Crippen LogP contribution in [0.5, 0.6) is 0 Å². The predicted octanol–water partition coefficient (Wildman–Crippen LogP) is 2.67. The van der Waals surface area contributed by atoms with Gasteiger partial charge in [-0.05, 0) is 42.8 Å². The molecule has 2 aliphatic heterocycles. The Hall–Kier alpha value is -3.06. The maximum Gasteiger partial charge on any atom is 0.289 e. The van der Waals surface area contributed by atoms with Gasteiger partial charge in [-0.2, -0.15) is 0 Å². The first-order valence-corrected chi connectivity index (χ1v) is 9.47. The van der Waals surface area contributed by atoms with E-state index in [2.05, 4.69) is 26.6 Å². The van der Waals surface area contributed by atoms with E-state index in [1.807, 2.05) is 29.4 Å². The van der Waals surface area contributed by atoms with Crippen LogP contribution in [0, 0.1) is 0 Å². The molecule has 5 rings (SSSR count). The van der Waals surface area contributed by atoms with E-state index in [9.17, 15) is 4.79 Å². The molecule has 0 aliphatic carbocycles. The fourth-order valence-corrected chi connectivity index (χ4v) is 4.57. The van der Waals surface area contributed by atoms with E-state index in [1.165, 1.54) is 6.26 Å². The van der Waals surface area contributed by atoms with Crippen molar-refractivity contribution < 1.29 is 13.9 Å². The van der Waals surface area contributed by atoms with Gasteiger partial charge in [0.2, 0.25) is 0 Å². The van der Waals surface area contributed by atoms with Crippen LogP contribution >= 0.6 is 0 Å².